The van der Waals surface area contributed by atoms with Crippen molar-refractivity contribution in [2.75, 3.05) is 27.2 Å². The minimum atomic E-state index is -0.217. The van der Waals surface area contributed by atoms with E-state index in [4.69, 9.17) is 4.74 Å². The second-order valence-electron chi connectivity index (χ2n) is 5.38. The van der Waals surface area contributed by atoms with Crippen molar-refractivity contribution in [1.29, 1.82) is 0 Å². The summed E-state index contributed by atoms with van der Waals surface area (Å²) in [6.45, 7) is 4.27. The Balaban J connectivity index is 2.06. The molecule has 0 aliphatic carbocycles. The Morgan fingerprint density at radius 2 is 2.26 bits per heavy atom. The van der Waals surface area contributed by atoms with Gasteiger partial charge in [-0.15, -0.1) is 0 Å². The molecule has 1 aromatic rings. The maximum Gasteiger partial charge on any atom is 0.123 e. The van der Waals surface area contributed by atoms with Crippen molar-refractivity contribution >= 4 is 0 Å². The summed E-state index contributed by atoms with van der Waals surface area (Å²) in [5.74, 6) is 0.524. The summed E-state index contributed by atoms with van der Waals surface area (Å²) in [7, 11) is 3.76. The van der Waals surface area contributed by atoms with Crippen LogP contribution >= 0.6 is 0 Å². The highest BCUT2D eigenvalue weighted by atomic mass is 19.1. The minimum absolute atomic E-state index is 0.0853. The number of methoxy groups -OCH3 is 1. The third kappa shape index (κ3) is 3.67. The first-order valence-corrected chi connectivity index (χ1v) is 6.88. The number of likely N-dealkylation sites (tertiary alicyclic amines) is 1. The van der Waals surface area contributed by atoms with E-state index in [1.807, 2.05) is 0 Å². The molecule has 19 heavy (non-hydrogen) atoms. The van der Waals surface area contributed by atoms with Crippen LogP contribution in [0.2, 0.25) is 0 Å². The number of hydrogen-bond donors (Lipinski definition) is 1. The van der Waals surface area contributed by atoms with E-state index < -0.39 is 0 Å². The second-order valence-corrected chi connectivity index (χ2v) is 5.38. The third-order valence-electron chi connectivity index (χ3n) is 3.77. The largest absolute Gasteiger partial charge is 0.496 e. The molecule has 1 aliphatic rings. The normalized spacial score (nSPS) is 22.2. The first-order chi connectivity index (χ1) is 9.10. The summed E-state index contributed by atoms with van der Waals surface area (Å²) in [5, 5.41) is 3.58. The van der Waals surface area contributed by atoms with Crippen LogP contribution in [0.5, 0.6) is 5.75 Å². The lowest BCUT2D eigenvalue weighted by molar-refractivity contribution is 0.218. The van der Waals surface area contributed by atoms with Gasteiger partial charge in [-0.05, 0) is 51.6 Å². The lowest BCUT2D eigenvalue weighted by Gasteiger charge is -2.32. The predicted molar refractivity (Wildman–Crippen MR) is 75.0 cm³/mol. The van der Waals surface area contributed by atoms with Gasteiger partial charge >= 0.3 is 0 Å². The van der Waals surface area contributed by atoms with Crippen LogP contribution in [0.3, 0.4) is 0 Å². The Morgan fingerprint density at radius 1 is 1.47 bits per heavy atom. The van der Waals surface area contributed by atoms with Crippen LogP contribution in [0.15, 0.2) is 18.2 Å². The van der Waals surface area contributed by atoms with E-state index in [1.165, 1.54) is 18.9 Å². The lowest BCUT2D eigenvalue weighted by Crippen LogP contribution is -2.44. The number of nitrogens with zero attached hydrogens (tertiary/aromatic N) is 1. The predicted octanol–water partition coefficient (Wildman–Crippen LogP) is 2.58. The minimum Gasteiger partial charge on any atom is -0.496 e. The van der Waals surface area contributed by atoms with Gasteiger partial charge < -0.3 is 15.0 Å². The molecule has 2 atom stereocenters. The summed E-state index contributed by atoms with van der Waals surface area (Å²) >= 11 is 0. The molecule has 1 fully saturated rings. The first-order valence-electron chi connectivity index (χ1n) is 6.88. The van der Waals surface area contributed by atoms with Crippen LogP contribution in [-0.2, 0) is 0 Å². The smallest absolute Gasteiger partial charge is 0.123 e. The standard InChI is InChI=1S/C15H23FN2O/c1-11(17-13-5-4-8-18(2)10-13)14-9-12(16)6-7-15(14)19-3/h6-7,9,11,13,17H,4-5,8,10H2,1-3H3. The fourth-order valence-electron chi connectivity index (χ4n) is 2.79. The van der Waals surface area contributed by atoms with Gasteiger partial charge in [-0.3, -0.25) is 0 Å². The fourth-order valence-corrected chi connectivity index (χ4v) is 2.79. The molecule has 0 saturated carbocycles. The average molecular weight is 266 g/mol. The van der Waals surface area contributed by atoms with Gasteiger partial charge in [0.15, 0.2) is 0 Å². The van der Waals surface area contributed by atoms with Gasteiger partial charge in [-0.25, -0.2) is 4.39 Å². The number of benzene rings is 1. The van der Waals surface area contributed by atoms with Crippen molar-refractivity contribution < 1.29 is 9.13 Å². The molecule has 1 aromatic carbocycles. The summed E-state index contributed by atoms with van der Waals surface area (Å²) < 4.78 is 18.7. The third-order valence-corrected chi connectivity index (χ3v) is 3.77. The van der Waals surface area contributed by atoms with E-state index in [-0.39, 0.29) is 11.9 Å². The molecule has 1 N–H and O–H groups in total. The molecule has 0 amide bonds. The highest BCUT2D eigenvalue weighted by Gasteiger charge is 2.21. The van der Waals surface area contributed by atoms with E-state index in [9.17, 15) is 4.39 Å². The van der Waals surface area contributed by atoms with Gasteiger partial charge in [0.05, 0.1) is 7.11 Å². The maximum atomic E-state index is 13.4. The molecule has 2 unspecified atom stereocenters. The number of halogens is 1. The van der Waals surface area contributed by atoms with Gasteiger partial charge in [0.2, 0.25) is 0 Å². The van der Waals surface area contributed by atoms with Gasteiger partial charge in [-0.1, -0.05) is 0 Å². The van der Waals surface area contributed by atoms with Gasteiger partial charge in [0, 0.05) is 24.2 Å². The van der Waals surface area contributed by atoms with Crippen LogP contribution in [-0.4, -0.2) is 38.2 Å². The molecule has 3 nitrogen and oxygen atoms in total. The Hall–Kier alpha value is -1.13. The topological polar surface area (TPSA) is 24.5 Å². The summed E-state index contributed by atoms with van der Waals surface area (Å²) in [6, 6.07) is 5.23. The number of rotatable bonds is 4. The zero-order chi connectivity index (χ0) is 13.8. The van der Waals surface area contributed by atoms with E-state index >= 15 is 0 Å². The molecule has 2 rings (SSSR count). The van der Waals surface area contributed by atoms with Crippen molar-refractivity contribution in [3.63, 3.8) is 0 Å². The highest BCUT2D eigenvalue weighted by molar-refractivity contribution is 5.36. The van der Waals surface area contributed by atoms with Gasteiger partial charge in [0.1, 0.15) is 11.6 Å². The van der Waals surface area contributed by atoms with Crippen molar-refractivity contribution in [1.82, 2.24) is 10.2 Å². The van der Waals surface area contributed by atoms with Crippen molar-refractivity contribution in [3.8, 4) is 5.75 Å². The van der Waals surface area contributed by atoms with Crippen LogP contribution in [0.25, 0.3) is 0 Å². The number of likely N-dealkylation sites (N-methyl/N-ethyl adjacent to an activating group) is 1. The van der Waals surface area contributed by atoms with E-state index in [0.717, 1.165) is 24.4 Å². The Morgan fingerprint density at radius 3 is 2.95 bits per heavy atom. The molecule has 4 heteroatoms. The fraction of sp³-hybridized carbons (Fsp3) is 0.600. The van der Waals surface area contributed by atoms with Crippen molar-refractivity contribution in [2.24, 2.45) is 0 Å². The number of piperidine rings is 1. The van der Waals surface area contributed by atoms with Crippen molar-refractivity contribution in [2.45, 2.75) is 31.8 Å². The van der Waals surface area contributed by atoms with Crippen LogP contribution in [0.1, 0.15) is 31.4 Å². The monoisotopic (exact) mass is 266 g/mol. The number of nitrogens with one attached hydrogen (secondary N) is 1. The zero-order valence-electron chi connectivity index (χ0n) is 11.9. The van der Waals surface area contributed by atoms with E-state index in [0.29, 0.717) is 6.04 Å². The summed E-state index contributed by atoms with van der Waals surface area (Å²) in [6.07, 6.45) is 2.38. The van der Waals surface area contributed by atoms with Gasteiger partial charge in [0.25, 0.3) is 0 Å². The quantitative estimate of drug-likeness (QED) is 0.906. The highest BCUT2D eigenvalue weighted by Crippen LogP contribution is 2.26. The van der Waals surface area contributed by atoms with Crippen LogP contribution in [0.4, 0.5) is 4.39 Å². The Labute approximate surface area is 114 Å². The number of ether oxygens (including phenoxy) is 1. The molecule has 1 saturated heterocycles. The molecule has 106 valence electrons. The molecule has 0 spiro atoms. The molecule has 0 radical (unpaired) electrons. The summed E-state index contributed by atoms with van der Waals surface area (Å²) in [5.41, 5.74) is 0.885. The SMILES string of the molecule is COc1ccc(F)cc1C(C)NC1CCCN(C)C1. The molecular weight excluding hydrogens is 243 g/mol. The molecule has 1 heterocycles. The first kappa shape index (κ1) is 14.3. The molecular formula is C15H23FN2O. The van der Waals surface area contributed by atoms with E-state index in [2.05, 4.69) is 24.2 Å². The lowest BCUT2D eigenvalue weighted by atomic mass is 10.0. The molecule has 1 aliphatic heterocycles. The Kier molecular flexibility index (Phi) is 4.77. The maximum absolute atomic E-state index is 13.4. The van der Waals surface area contributed by atoms with Crippen molar-refractivity contribution in [3.05, 3.63) is 29.6 Å². The second kappa shape index (κ2) is 6.35. The zero-order valence-corrected chi connectivity index (χ0v) is 11.9. The molecule has 0 aromatic heterocycles. The van der Waals surface area contributed by atoms with Gasteiger partial charge in [-0.2, -0.15) is 0 Å². The summed E-state index contributed by atoms with van der Waals surface area (Å²) in [4.78, 5) is 2.33. The number of hydrogen-bond acceptors (Lipinski definition) is 3. The molecule has 0 bridgehead atoms. The van der Waals surface area contributed by atoms with Crippen LogP contribution in [0, 0.1) is 5.82 Å². The average Bonchev–Trinajstić information content (AvgIpc) is 2.38. The van der Waals surface area contributed by atoms with Crippen LogP contribution < -0.4 is 10.1 Å². The van der Waals surface area contributed by atoms with E-state index in [1.54, 1.807) is 19.2 Å². The Bertz CT molecular complexity index is 425.